The molecule has 136 valence electrons. The van der Waals surface area contributed by atoms with Gasteiger partial charge in [-0.15, -0.1) is 0 Å². The first-order valence-electron chi connectivity index (χ1n) is 8.69. The van der Waals surface area contributed by atoms with Gasteiger partial charge in [-0.2, -0.15) is 0 Å². The summed E-state index contributed by atoms with van der Waals surface area (Å²) < 4.78 is 11.1. The number of anilines is 1. The number of furan rings is 1. The Balaban J connectivity index is 1.61. The molecule has 0 aliphatic heterocycles. The summed E-state index contributed by atoms with van der Waals surface area (Å²) in [5.74, 6) is 1.84. The fraction of sp³-hybridized carbons (Fsp3) is 0.200. The van der Waals surface area contributed by atoms with Crippen LogP contribution < -0.4 is 5.32 Å². The van der Waals surface area contributed by atoms with Gasteiger partial charge in [-0.25, -0.2) is 9.97 Å². The molecule has 7 heteroatoms. The minimum atomic E-state index is 0.535. The predicted molar refractivity (Wildman–Crippen MR) is 101 cm³/mol. The molecule has 0 aliphatic rings. The van der Waals surface area contributed by atoms with E-state index in [1.54, 1.807) is 24.9 Å². The van der Waals surface area contributed by atoms with E-state index >= 15 is 0 Å². The second-order valence-corrected chi connectivity index (χ2v) is 6.19. The fourth-order valence-electron chi connectivity index (χ4n) is 2.77. The van der Waals surface area contributed by atoms with E-state index in [-0.39, 0.29) is 0 Å². The van der Waals surface area contributed by atoms with Crippen LogP contribution in [-0.4, -0.2) is 26.7 Å². The maximum Gasteiger partial charge on any atom is 0.223 e. The summed E-state index contributed by atoms with van der Waals surface area (Å²) in [7, 11) is 0. The van der Waals surface area contributed by atoms with Crippen molar-refractivity contribution in [1.29, 1.82) is 0 Å². The Labute approximate surface area is 156 Å². The highest BCUT2D eigenvalue weighted by Crippen LogP contribution is 2.33. The van der Waals surface area contributed by atoms with Crippen LogP contribution in [0.2, 0.25) is 0 Å². The molecule has 0 amide bonds. The molecule has 0 spiro atoms. The molecular weight excluding hydrogens is 342 g/mol. The van der Waals surface area contributed by atoms with Gasteiger partial charge < -0.3 is 14.3 Å². The molecule has 0 unspecified atom stereocenters. The number of nitrogens with zero attached hydrogens (tertiary/aromatic N) is 4. The SMILES string of the molecule is Cc1noc(-c2cnc(NCCc3ccncc3)nc2-c2ccco2)c1C. The van der Waals surface area contributed by atoms with E-state index in [9.17, 15) is 0 Å². The van der Waals surface area contributed by atoms with Gasteiger partial charge in [0.1, 0.15) is 5.69 Å². The van der Waals surface area contributed by atoms with E-state index in [1.807, 2.05) is 38.1 Å². The molecule has 7 nitrogen and oxygen atoms in total. The van der Waals surface area contributed by atoms with E-state index in [1.165, 1.54) is 5.56 Å². The van der Waals surface area contributed by atoms with E-state index in [0.717, 1.165) is 23.2 Å². The molecule has 4 heterocycles. The van der Waals surface area contributed by atoms with Gasteiger partial charge in [0.15, 0.2) is 11.5 Å². The largest absolute Gasteiger partial charge is 0.463 e. The van der Waals surface area contributed by atoms with Crippen molar-refractivity contribution in [3.63, 3.8) is 0 Å². The number of pyridine rings is 1. The van der Waals surface area contributed by atoms with Crippen LogP contribution in [0.25, 0.3) is 22.8 Å². The minimum absolute atomic E-state index is 0.535. The number of aryl methyl sites for hydroxylation is 1. The molecule has 0 aromatic carbocycles. The van der Waals surface area contributed by atoms with Crippen LogP contribution in [0, 0.1) is 13.8 Å². The van der Waals surface area contributed by atoms with Gasteiger partial charge in [-0.3, -0.25) is 4.98 Å². The molecule has 4 aromatic heterocycles. The van der Waals surface area contributed by atoms with Crippen LogP contribution in [0.5, 0.6) is 0 Å². The first-order valence-corrected chi connectivity index (χ1v) is 8.69. The summed E-state index contributed by atoms with van der Waals surface area (Å²) in [6.07, 6.45) is 7.79. The summed E-state index contributed by atoms with van der Waals surface area (Å²) in [5.41, 5.74) is 4.43. The maximum atomic E-state index is 5.57. The topological polar surface area (TPSA) is 89.9 Å². The van der Waals surface area contributed by atoms with Crippen molar-refractivity contribution in [2.75, 3.05) is 11.9 Å². The van der Waals surface area contributed by atoms with Gasteiger partial charge >= 0.3 is 0 Å². The van der Waals surface area contributed by atoms with Crippen molar-refractivity contribution >= 4 is 5.95 Å². The van der Waals surface area contributed by atoms with Gasteiger partial charge in [0.2, 0.25) is 5.95 Å². The lowest BCUT2D eigenvalue weighted by molar-refractivity contribution is 0.426. The van der Waals surface area contributed by atoms with Gasteiger partial charge in [-0.05, 0) is 50.1 Å². The third kappa shape index (κ3) is 3.57. The first kappa shape index (κ1) is 17.0. The van der Waals surface area contributed by atoms with Crippen molar-refractivity contribution < 1.29 is 8.94 Å². The molecule has 0 saturated carbocycles. The molecule has 27 heavy (non-hydrogen) atoms. The van der Waals surface area contributed by atoms with Crippen molar-refractivity contribution in [3.8, 4) is 22.8 Å². The molecule has 4 rings (SSSR count). The predicted octanol–water partition coefficient (Wildman–Crippen LogP) is 4.06. The minimum Gasteiger partial charge on any atom is -0.463 e. The van der Waals surface area contributed by atoms with Crippen LogP contribution in [0.4, 0.5) is 5.95 Å². The van der Waals surface area contributed by atoms with E-state index in [2.05, 4.69) is 25.4 Å². The monoisotopic (exact) mass is 361 g/mol. The van der Waals surface area contributed by atoms with Crippen LogP contribution in [0.15, 0.2) is 58.1 Å². The Morgan fingerprint density at radius 2 is 1.96 bits per heavy atom. The zero-order chi connectivity index (χ0) is 18.6. The molecule has 0 saturated heterocycles. The van der Waals surface area contributed by atoms with Crippen LogP contribution in [-0.2, 0) is 6.42 Å². The summed E-state index contributed by atoms with van der Waals surface area (Å²) in [4.78, 5) is 13.1. The average Bonchev–Trinajstić information content (AvgIpc) is 3.34. The zero-order valence-corrected chi connectivity index (χ0v) is 15.1. The van der Waals surface area contributed by atoms with Crippen LogP contribution in [0.1, 0.15) is 16.8 Å². The van der Waals surface area contributed by atoms with Crippen LogP contribution in [0.3, 0.4) is 0 Å². The normalized spacial score (nSPS) is 10.9. The molecule has 0 radical (unpaired) electrons. The molecule has 0 bridgehead atoms. The standard InChI is InChI=1S/C20H19N5O2/c1-13-14(2)25-27-19(13)16-12-23-20(24-18(16)17-4-3-11-26-17)22-10-7-15-5-8-21-9-6-15/h3-6,8-9,11-12H,7,10H2,1-2H3,(H,22,23,24). The maximum absolute atomic E-state index is 5.57. The fourth-order valence-corrected chi connectivity index (χ4v) is 2.77. The highest BCUT2D eigenvalue weighted by Gasteiger charge is 2.20. The van der Waals surface area contributed by atoms with Gasteiger partial charge in [-0.1, -0.05) is 5.16 Å². The second kappa shape index (κ2) is 7.41. The lowest BCUT2D eigenvalue weighted by Crippen LogP contribution is -2.08. The molecule has 0 aliphatic carbocycles. The lowest BCUT2D eigenvalue weighted by Gasteiger charge is -2.09. The number of rotatable bonds is 6. The number of nitrogens with one attached hydrogen (secondary N) is 1. The second-order valence-electron chi connectivity index (χ2n) is 6.19. The summed E-state index contributed by atoms with van der Waals surface area (Å²) in [5, 5.41) is 7.30. The molecule has 0 atom stereocenters. The Bertz CT molecular complexity index is 1030. The molecular formula is C20H19N5O2. The van der Waals surface area contributed by atoms with E-state index in [4.69, 9.17) is 8.94 Å². The van der Waals surface area contributed by atoms with Crippen molar-refractivity contribution in [3.05, 3.63) is 65.9 Å². The van der Waals surface area contributed by atoms with Crippen molar-refractivity contribution in [2.24, 2.45) is 0 Å². The Morgan fingerprint density at radius 3 is 2.67 bits per heavy atom. The average molecular weight is 361 g/mol. The quantitative estimate of drug-likeness (QED) is 0.554. The molecule has 0 fully saturated rings. The van der Waals surface area contributed by atoms with Gasteiger partial charge in [0, 0.05) is 30.7 Å². The van der Waals surface area contributed by atoms with Crippen LogP contribution >= 0.6 is 0 Å². The third-order valence-electron chi connectivity index (χ3n) is 4.39. The number of hydrogen-bond acceptors (Lipinski definition) is 7. The van der Waals surface area contributed by atoms with Gasteiger partial charge in [0.25, 0.3) is 0 Å². The van der Waals surface area contributed by atoms with Crippen molar-refractivity contribution in [2.45, 2.75) is 20.3 Å². The summed E-state index contributed by atoms with van der Waals surface area (Å²) in [6, 6.07) is 7.69. The smallest absolute Gasteiger partial charge is 0.223 e. The van der Waals surface area contributed by atoms with E-state index < -0.39 is 0 Å². The Morgan fingerprint density at radius 1 is 1.11 bits per heavy atom. The lowest BCUT2D eigenvalue weighted by atomic mass is 10.1. The first-order chi connectivity index (χ1) is 13.2. The molecule has 4 aromatic rings. The third-order valence-corrected chi connectivity index (χ3v) is 4.39. The highest BCUT2D eigenvalue weighted by atomic mass is 16.5. The molecule has 1 N–H and O–H groups in total. The van der Waals surface area contributed by atoms with Crippen molar-refractivity contribution in [1.82, 2.24) is 20.1 Å². The Kier molecular flexibility index (Phi) is 4.65. The summed E-state index contributed by atoms with van der Waals surface area (Å²) in [6.45, 7) is 4.58. The summed E-state index contributed by atoms with van der Waals surface area (Å²) >= 11 is 0. The van der Waals surface area contributed by atoms with Gasteiger partial charge in [0.05, 0.1) is 17.5 Å². The number of aromatic nitrogens is 4. The highest BCUT2D eigenvalue weighted by molar-refractivity contribution is 5.77. The Hall–Kier alpha value is -3.48. The van der Waals surface area contributed by atoms with E-state index in [0.29, 0.717) is 29.7 Å². The zero-order valence-electron chi connectivity index (χ0n) is 15.1. The number of hydrogen-bond donors (Lipinski definition) is 1.